The van der Waals surface area contributed by atoms with E-state index in [9.17, 15) is 18.4 Å². The molecule has 0 heterocycles. The van der Waals surface area contributed by atoms with Crippen molar-refractivity contribution in [2.45, 2.75) is 0 Å². The summed E-state index contributed by atoms with van der Waals surface area (Å²) in [6, 6.07) is 38.7. The summed E-state index contributed by atoms with van der Waals surface area (Å²) >= 11 is 0. The number of halogens is 2. The molecule has 4 nitrogen and oxygen atoms in total. The van der Waals surface area contributed by atoms with E-state index in [1.54, 1.807) is 0 Å². The van der Waals surface area contributed by atoms with Crippen molar-refractivity contribution in [1.29, 1.82) is 0 Å². The molecule has 6 aromatic rings. The van der Waals surface area contributed by atoms with E-state index in [0.29, 0.717) is 0 Å². The van der Waals surface area contributed by atoms with Gasteiger partial charge in [-0.2, -0.15) is 35.0 Å². The summed E-state index contributed by atoms with van der Waals surface area (Å²) in [6.45, 7) is 0. The molecule has 0 unspecified atom stereocenters. The van der Waals surface area contributed by atoms with Gasteiger partial charge in [-0.05, 0) is 48.5 Å². The first-order chi connectivity index (χ1) is 18.3. The monoisotopic (exact) mass is 558 g/mol. The van der Waals surface area contributed by atoms with Gasteiger partial charge in [-0.25, -0.2) is 18.4 Å². The first-order valence-corrected chi connectivity index (χ1v) is 11.5. The maximum Gasteiger partial charge on any atom is 2.00 e. The third-order valence-electron chi connectivity index (χ3n) is 5.28. The minimum atomic E-state index is -1.04. The number of aromatic carboxylic acids is 2. The average molecular weight is 558 g/mol. The molecule has 0 saturated carbocycles. The van der Waals surface area contributed by atoms with Crippen LogP contribution in [0.25, 0.3) is 21.5 Å². The minimum absolute atomic E-state index is 0. The Labute approximate surface area is 239 Å². The summed E-state index contributed by atoms with van der Waals surface area (Å²) in [5, 5.41) is 22.0. The molecule has 194 valence electrons. The summed E-state index contributed by atoms with van der Waals surface area (Å²) in [6.07, 6.45) is 0. The number of fused-ring (bicyclic) bond motifs is 2. The van der Waals surface area contributed by atoms with E-state index in [1.807, 2.05) is 0 Å². The van der Waals surface area contributed by atoms with E-state index < -0.39 is 23.6 Å². The Morgan fingerprint density at radius 2 is 0.846 bits per heavy atom. The van der Waals surface area contributed by atoms with Gasteiger partial charge >= 0.3 is 33.7 Å². The molecular weight excluding hydrogens is 534 g/mol. The second-order valence-electron chi connectivity index (χ2n) is 7.93. The van der Waals surface area contributed by atoms with Crippen LogP contribution in [0.4, 0.5) is 8.78 Å². The molecule has 0 aliphatic rings. The molecule has 0 spiro atoms. The Bertz CT molecular complexity index is 1400. The van der Waals surface area contributed by atoms with Crippen molar-refractivity contribution < 1.29 is 50.3 Å². The summed E-state index contributed by atoms with van der Waals surface area (Å²) in [5.41, 5.74) is 0.197. The Morgan fingerprint density at radius 3 is 1.15 bits per heavy atom. The summed E-state index contributed by atoms with van der Waals surface area (Å²) in [4.78, 5) is 20.4. The van der Waals surface area contributed by atoms with Crippen molar-refractivity contribution in [3.8, 4) is 0 Å². The number of hydrogen-bond donors (Lipinski definition) is 2. The summed E-state index contributed by atoms with van der Waals surface area (Å²) in [5.74, 6) is -2.94. The van der Waals surface area contributed by atoms with Crippen molar-refractivity contribution >= 4 is 33.5 Å². The zero-order valence-corrected chi connectivity index (χ0v) is 22.2. The topological polar surface area (TPSA) is 74.6 Å². The number of hydrogen-bond acceptors (Lipinski definition) is 2. The van der Waals surface area contributed by atoms with E-state index in [4.69, 9.17) is 10.2 Å². The first-order valence-electron chi connectivity index (χ1n) is 11.5. The number of carboxylic acids is 2. The Morgan fingerprint density at radius 1 is 0.513 bits per heavy atom. The van der Waals surface area contributed by atoms with Crippen LogP contribution in [0.2, 0.25) is 0 Å². The molecule has 0 radical (unpaired) electrons. The molecule has 0 fully saturated rings. The molecule has 0 aromatic heterocycles. The molecule has 6 rings (SSSR count). The summed E-state index contributed by atoms with van der Waals surface area (Å²) < 4.78 is 24.3. The van der Waals surface area contributed by atoms with Gasteiger partial charge in [0.15, 0.2) is 0 Å². The molecule has 39 heavy (non-hydrogen) atoms. The fourth-order valence-electron chi connectivity index (χ4n) is 3.32. The van der Waals surface area contributed by atoms with Crippen molar-refractivity contribution in [3.63, 3.8) is 0 Å². The van der Waals surface area contributed by atoms with Crippen molar-refractivity contribution in [3.05, 3.63) is 156 Å². The second-order valence-corrected chi connectivity index (χ2v) is 7.93. The van der Waals surface area contributed by atoms with E-state index in [0.717, 1.165) is 24.3 Å². The number of rotatable bonds is 2. The molecule has 0 aliphatic carbocycles. The fraction of sp³-hybridized carbons (Fsp3) is 0. The van der Waals surface area contributed by atoms with Gasteiger partial charge < -0.3 is 10.2 Å². The smallest absolute Gasteiger partial charge is 0.478 e. The van der Waals surface area contributed by atoms with Crippen LogP contribution in [0.15, 0.2) is 133 Å². The third-order valence-corrected chi connectivity index (χ3v) is 5.28. The van der Waals surface area contributed by atoms with E-state index in [2.05, 4.69) is 84.9 Å². The minimum Gasteiger partial charge on any atom is -0.478 e. The molecule has 2 N–H and O–H groups in total. The Hall–Kier alpha value is -4.39. The fourth-order valence-corrected chi connectivity index (χ4v) is 3.32. The third kappa shape index (κ3) is 10.1. The van der Waals surface area contributed by atoms with Gasteiger partial charge in [0, 0.05) is 0 Å². The molecule has 0 aliphatic heterocycles. The van der Waals surface area contributed by atoms with E-state index >= 15 is 0 Å². The quantitative estimate of drug-likeness (QED) is 0.166. The second kappa shape index (κ2) is 15.8. The number of carbonyl (C=O) groups is 2. The number of benzene rings is 4. The van der Waals surface area contributed by atoms with Crippen molar-refractivity contribution in [2.24, 2.45) is 0 Å². The van der Waals surface area contributed by atoms with Crippen LogP contribution in [0.5, 0.6) is 0 Å². The zero-order chi connectivity index (χ0) is 27.3. The Balaban J connectivity index is 0.000000181. The maximum absolute atomic E-state index is 12.2. The SMILES string of the molecule is O=C(O)c1ccc(F)cc1.O=C(O)c1ccc(F)cc1.[Ti+2].c1ccc2[cH-]ccc2c1.c1ccc2[cH-]ccc2c1. The molecule has 0 amide bonds. The van der Waals surface area contributed by atoms with Crippen LogP contribution in [0.3, 0.4) is 0 Å². The van der Waals surface area contributed by atoms with Crippen LogP contribution in [-0.4, -0.2) is 22.2 Å². The zero-order valence-electron chi connectivity index (χ0n) is 20.7. The molecule has 0 bridgehead atoms. The maximum atomic E-state index is 12.2. The van der Waals surface area contributed by atoms with Crippen LogP contribution < -0.4 is 0 Å². The van der Waals surface area contributed by atoms with E-state index in [1.165, 1.54) is 45.8 Å². The molecule has 0 saturated heterocycles. The van der Waals surface area contributed by atoms with Gasteiger partial charge in [0.1, 0.15) is 11.6 Å². The van der Waals surface area contributed by atoms with Gasteiger partial charge in [-0.15, -0.1) is 59.3 Å². The predicted molar refractivity (Wildman–Crippen MR) is 146 cm³/mol. The van der Waals surface area contributed by atoms with Crippen molar-refractivity contribution in [1.82, 2.24) is 0 Å². The summed E-state index contributed by atoms with van der Waals surface area (Å²) in [7, 11) is 0. The van der Waals surface area contributed by atoms with Crippen LogP contribution in [0.1, 0.15) is 20.7 Å². The largest absolute Gasteiger partial charge is 2.00 e. The van der Waals surface area contributed by atoms with Gasteiger partial charge in [-0.1, -0.05) is 12.1 Å². The molecule has 6 aromatic carbocycles. The molecule has 0 atom stereocenters. The Kier molecular flexibility index (Phi) is 12.5. The average Bonchev–Trinajstić information content (AvgIpc) is 3.60. The predicted octanol–water partition coefficient (Wildman–Crippen LogP) is 8.16. The normalized spacial score (nSPS) is 9.49. The van der Waals surface area contributed by atoms with Crippen LogP contribution in [0, 0.1) is 11.6 Å². The van der Waals surface area contributed by atoms with Gasteiger partial charge in [0.25, 0.3) is 0 Å². The van der Waals surface area contributed by atoms with Gasteiger partial charge in [0.05, 0.1) is 11.1 Å². The van der Waals surface area contributed by atoms with Crippen LogP contribution in [-0.2, 0) is 21.7 Å². The molecule has 7 heteroatoms. The first kappa shape index (κ1) is 30.8. The van der Waals surface area contributed by atoms with Gasteiger partial charge in [0.2, 0.25) is 0 Å². The van der Waals surface area contributed by atoms with Crippen LogP contribution >= 0.6 is 0 Å². The number of carboxylic acid groups (broad SMARTS) is 2. The van der Waals surface area contributed by atoms with E-state index in [-0.39, 0.29) is 32.8 Å². The van der Waals surface area contributed by atoms with Crippen molar-refractivity contribution in [2.75, 3.05) is 0 Å². The standard InChI is InChI=1S/2C9H7.2C7H5FO2.Ti/c2*1-2-5-9-7-3-6-8(9)4-1;2*8-6-3-1-5(2-4-6)7(9)10;/h2*1-7H;2*1-4H,(H,9,10);/q2*-1;;;+2. The molecular formula is C32H24F2O4Ti. The van der Waals surface area contributed by atoms with Gasteiger partial charge in [-0.3, -0.25) is 0 Å².